The second kappa shape index (κ2) is 8.87. The van der Waals surface area contributed by atoms with Gasteiger partial charge in [0.2, 0.25) is 0 Å². The summed E-state index contributed by atoms with van der Waals surface area (Å²) in [5.74, 6) is 3.11. The van der Waals surface area contributed by atoms with E-state index in [0.717, 1.165) is 24.2 Å². The van der Waals surface area contributed by atoms with Crippen molar-refractivity contribution in [1.82, 2.24) is 0 Å². The van der Waals surface area contributed by atoms with Gasteiger partial charge in [-0.3, -0.25) is 4.79 Å². The van der Waals surface area contributed by atoms with Crippen LogP contribution in [0.5, 0.6) is 0 Å². The van der Waals surface area contributed by atoms with Crippen molar-refractivity contribution in [2.24, 2.45) is 39.9 Å². The maximum atomic E-state index is 11.8. The van der Waals surface area contributed by atoms with E-state index >= 15 is 0 Å². The summed E-state index contributed by atoms with van der Waals surface area (Å²) in [6, 6.07) is 0. The van der Waals surface area contributed by atoms with E-state index < -0.39 is 0 Å². The molecule has 0 aromatic carbocycles. The first-order valence-corrected chi connectivity index (χ1v) is 13.9. The molecule has 0 aromatic rings. The Labute approximate surface area is 204 Å². The van der Waals surface area contributed by atoms with Gasteiger partial charge in [-0.15, -0.1) is 0 Å². The minimum Gasteiger partial charge on any atom is -0.462 e. The fourth-order valence-electron chi connectivity index (χ4n) is 9.40. The number of hydrogen-bond acceptors (Lipinski definition) is 2. The SMILES string of the molecule is CC(=O)OC1CCC2(C)C3=C(CCC2C1(C)C)C1(C)CCC(C(C)CCC=C(C)C)C1CC3. The molecule has 0 amide bonds. The number of carbonyl (C=O) groups is 1. The molecule has 4 aliphatic carbocycles. The van der Waals surface area contributed by atoms with Gasteiger partial charge in [0.25, 0.3) is 0 Å². The lowest BCUT2D eigenvalue weighted by Crippen LogP contribution is -2.54. The number of fused-ring (bicyclic) bond motifs is 4. The van der Waals surface area contributed by atoms with Crippen molar-refractivity contribution in [3.63, 3.8) is 0 Å². The minimum absolute atomic E-state index is 0.0482. The lowest BCUT2D eigenvalue weighted by Gasteiger charge is -2.60. The Morgan fingerprint density at radius 2 is 1.61 bits per heavy atom. The van der Waals surface area contributed by atoms with Gasteiger partial charge in [-0.2, -0.15) is 0 Å². The minimum atomic E-state index is -0.115. The molecule has 2 nitrogen and oxygen atoms in total. The summed E-state index contributed by atoms with van der Waals surface area (Å²) in [4.78, 5) is 11.8. The third-order valence-electron chi connectivity index (χ3n) is 11.1. The summed E-state index contributed by atoms with van der Waals surface area (Å²) in [6.45, 7) is 18.5. The summed E-state index contributed by atoms with van der Waals surface area (Å²) in [7, 11) is 0. The molecule has 0 aliphatic heterocycles. The molecule has 2 fully saturated rings. The van der Waals surface area contributed by atoms with Gasteiger partial charge >= 0.3 is 5.97 Å². The van der Waals surface area contributed by atoms with Crippen LogP contribution >= 0.6 is 0 Å². The van der Waals surface area contributed by atoms with Crippen molar-refractivity contribution < 1.29 is 9.53 Å². The molecule has 0 saturated heterocycles. The largest absolute Gasteiger partial charge is 0.462 e. The first kappa shape index (κ1) is 25.1. The van der Waals surface area contributed by atoms with Gasteiger partial charge in [-0.25, -0.2) is 0 Å². The average Bonchev–Trinajstić information content (AvgIpc) is 3.07. The molecule has 4 rings (SSSR count). The topological polar surface area (TPSA) is 26.3 Å². The predicted molar refractivity (Wildman–Crippen MR) is 138 cm³/mol. The molecule has 2 heteroatoms. The van der Waals surface area contributed by atoms with E-state index in [1.807, 2.05) is 11.1 Å². The number of carbonyl (C=O) groups excluding carboxylic acids is 1. The Kier molecular flexibility index (Phi) is 6.73. The zero-order chi connectivity index (χ0) is 24.2. The summed E-state index contributed by atoms with van der Waals surface area (Å²) in [5.41, 5.74) is 5.93. The van der Waals surface area contributed by atoms with Crippen molar-refractivity contribution in [2.75, 3.05) is 0 Å². The smallest absolute Gasteiger partial charge is 0.302 e. The Morgan fingerprint density at radius 1 is 0.970 bits per heavy atom. The highest BCUT2D eigenvalue weighted by Gasteiger charge is 2.60. The van der Waals surface area contributed by atoms with Crippen LogP contribution in [0.3, 0.4) is 0 Å². The van der Waals surface area contributed by atoms with E-state index in [1.165, 1.54) is 63.4 Å². The van der Waals surface area contributed by atoms with Crippen LogP contribution in [0, 0.1) is 39.9 Å². The highest BCUT2D eigenvalue weighted by Crippen LogP contribution is 2.68. The van der Waals surface area contributed by atoms with Crippen LogP contribution in [0.15, 0.2) is 22.8 Å². The van der Waals surface area contributed by atoms with E-state index in [2.05, 4.69) is 54.5 Å². The number of ether oxygens (including phenoxy) is 1. The van der Waals surface area contributed by atoms with Crippen LogP contribution in [-0.2, 0) is 9.53 Å². The predicted octanol–water partition coefficient (Wildman–Crippen LogP) is 8.66. The van der Waals surface area contributed by atoms with Crippen molar-refractivity contribution in [2.45, 2.75) is 126 Å². The van der Waals surface area contributed by atoms with Crippen molar-refractivity contribution in [1.29, 1.82) is 0 Å². The van der Waals surface area contributed by atoms with Crippen molar-refractivity contribution in [3.8, 4) is 0 Å². The lowest BCUT2D eigenvalue weighted by atomic mass is 9.45. The standard InChI is InChI=1S/C31H50O2/c1-20(2)10-9-11-21(3)23-16-18-30(7)24(23)12-13-26-25(30)14-15-27-29(5,6)28(33-22(4)32)17-19-31(26,27)8/h10,21,23-24,27-28H,9,11-19H2,1-8H3. The highest BCUT2D eigenvalue weighted by atomic mass is 16.5. The quantitative estimate of drug-likeness (QED) is 0.307. The van der Waals surface area contributed by atoms with Crippen LogP contribution in [0.4, 0.5) is 0 Å². The molecule has 33 heavy (non-hydrogen) atoms. The Morgan fingerprint density at radius 3 is 2.27 bits per heavy atom. The summed E-state index contributed by atoms with van der Waals surface area (Å²) < 4.78 is 5.85. The fraction of sp³-hybridized carbons (Fsp3) is 0.839. The molecular weight excluding hydrogens is 404 g/mol. The Hall–Kier alpha value is -1.05. The summed E-state index contributed by atoms with van der Waals surface area (Å²) in [5, 5.41) is 0. The second-order valence-electron chi connectivity index (χ2n) is 13.5. The fourth-order valence-corrected chi connectivity index (χ4v) is 9.40. The molecule has 0 radical (unpaired) electrons. The maximum absolute atomic E-state index is 11.8. The van der Waals surface area contributed by atoms with Gasteiger partial charge in [-0.1, -0.05) is 57.4 Å². The van der Waals surface area contributed by atoms with E-state index in [0.29, 0.717) is 11.3 Å². The zero-order valence-corrected chi connectivity index (χ0v) is 22.9. The lowest BCUT2D eigenvalue weighted by molar-refractivity contribution is -0.167. The van der Waals surface area contributed by atoms with Gasteiger partial charge in [-0.05, 0) is 113 Å². The Balaban J connectivity index is 1.58. The van der Waals surface area contributed by atoms with E-state index in [4.69, 9.17) is 4.74 Å². The van der Waals surface area contributed by atoms with Crippen LogP contribution in [0.25, 0.3) is 0 Å². The van der Waals surface area contributed by atoms with E-state index in [9.17, 15) is 4.79 Å². The molecule has 7 atom stereocenters. The molecule has 0 aromatic heterocycles. The van der Waals surface area contributed by atoms with Gasteiger partial charge in [0, 0.05) is 12.3 Å². The third kappa shape index (κ3) is 4.16. The molecule has 0 N–H and O–H groups in total. The second-order valence-corrected chi connectivity index (χ2v) is 13.5. The molecule has 0 bridgehead atoms. The van der Waals surface area contributed by atoms with Crippen molar-refractivity contribution in [3.05, 3.63) is 22.8 Å². The van der Waals surface area contributed by atoms with Gasteiger partial charge in [0.05, 0.1) is 0 Å². The number of allylic oxidation sites excluding steroid dienone is 4. The monoisotopic (exact) mass is 454 g/mol. The first-order valence-electron chi connectivity index (χ1n) is 13.9. The molecule has 186 valence electrons. The zero-order valence-electron chi connectivity index (χ0n) is 22.9. The van der Waals surface area contributed by atoms with Crippen LogP contribution in [-0.4, -0.2) is 12.1 Å². The molecule has 4 aliphatic rings. The molecular formula is C31H50O2. The first-order chi connectivity index (χ1) is 15.4. The van der Waals surface area contributed by atoms with E-state index in [1.54, 1.807) is 6.92 Å². The Bertz CT molecular complexity index is 828. The van der Waals surface area contributed by atoms with Crippen molar-refractivity contribution >= 4 is 5.97 Å². The highest BCUT2D eigenvalue weighted by molar-refractivity contribution is 5.66. The van der Waals surface area contributed by atoms with Gasteiger partial charge in [0.1, 0.15) is 6.10 Å². The average molecular weight is 455 g/mol. The van der Waals surface area contributed by atoms with Crippen LogP contribution in [0.2, 0.25) is 0 Å². The number of esters is 1. The number of rotatable bonds is 5. The number of hydrogen-bond donors (Lipinski definition) is 0. The molecule has 7 unspecified atom stereocenters. The van der Waals surface area contributed by atoms with Gasteiger partial charge < -0.3 is 4.74 Å². The maximum Gasteiger partial charge on any atom is 0.302 e. The normalized spacial score (nSPS) is 40.4. The van der Waals surface area contributed by atoms with E-state index in [-0.39, 0.29) is 22.9 Å². The molecule has 0 spiro atoms. The molecule has 2 saturated carbocycles. The molecule has 0 heterocycles. The summed E-state index contributed by atoms with van der Waals surface area (Å²) in [6.07, 6.45) is 15.4. The van der Waals surface area contributed by atoms with Crippen LogP contribution in [0.1, 0.15) is 120 Å². The van der Waals surface area contributed by atoms with Gasteiger partial charge in [0.15, 0.2) is 0 Å². The third-order valence-corrected chi connectivity index (χ3v) is 11.1. The van der Waals surface area contributed by atoms with Crippen LogP contribution < -0.4 is 0 Å². The summed E-state index contributed by atoms with van der Waals surface area (Å²) >= 11 is 0.